The molecule has 0 aromatic heterocycles. The van der Waals surface area contributed by atoms with Crippen molar-refractivity contribution in [3.8, 4) is 0 Å². The van der Waals surface area contributed by atoms with Gasteiger partial charge in [-0.05, 0) is 0 Å². The van der Waals surface area contributed by atoms with Crippen LogP contribution in [0.25, 0.3) is 0 Å². The second-order valence-corrected chi connectivity index (χ2v) is 4.03. The Hall–Kier alpha value is 0.362. The molecular formula is C8H11OPd. The van der Waals surface area contributed by atoms with E-state index in [9.17, 15) is 0 Å². The monoisotopic (exact) mass is 229 g/mol. The van der Waals surface area contributed by atoms with Crippen molar-refractivity contribution in [2.75, 3.05) is 7.11 Å². The van der Waals surface area contributed by atoms with Gasteiger partial charge in [0, 0.05) is 0 Å². The maximum atomic E-state index is 5.35. The fourth-order valence-corrected chi connectivity index (χ4v) is 2.88. The Morgan fingerprint density at radius 2 is 2.40 bits per heavy atom. The van der Waals surface area contributed by atoms with Crippen LogP contribution in [0.5, 0.6) is 0 Å². The van der Waals surface area contributed by atoms with E-state index in [1.807, 2.05) is 7.11 Å². The van der Waals surface area contributed by atoms with Crippen LogP contribution in [0.4, 0.5) is 0 Å². The molecule has 1 saturated carbocycles. The third kappa shape index (κ3) is 0.906. The van der Waals surface area contributed by atoms with Gasteiger partial charge in [0.1, 0.15) is 0 Å². The van der Waals surface area contributed by atoms with E-state index in [-0.39, 0.29) is 0 Å². The molecule has 3 atom stereocenters. The summed E-state index contributed by atoms with van der Waals surface area (Å²) in [7, 11) is 1.82. The van der Waals surface area contributed by atoms with Crippen molar-refractivity contribution < 1.29 is 23.9 Å². The van der Waals surface area contributed by atoms with E-state index in [1.54, 1.807) is 0 Å². The molecule has 2 bridgehead atoms. The summed E-state index contributed by atoms with van der Waals surface area (Å²) >= 11 is 3.29. The summed E-state index contributed by atoms with van der Waals surface area (Å²) in [6.07, 6.45) is 5.40. The van der Waals surface area contributed by atoms with Gasteiger partial charge in [-0.3, -0.25) is 0 Å². The van der Waals surface area contributed by atoms with Crippen LogP contribution >= 0.6 is 0 Å². The van der Waals surface area contributed by atoms with Crippen molar-refractivity contribution in [2.24, 2.45) is 11.8 Å². The van der Waals surface area contributed by atoms with Gasteiger partial charge in [0.15, 0.2) is 0 Å². The molecule has 1 fully saturated rings. The molecule has 1 nitrogen and oxygen atoms in total. The van der Waals surface area contributed by atoms with E-state index < -0.39 is 0 Å². The van der Waals surface area contributed by atoms with Gasteiger partial charge in [0.05, 0.1) is 0 Å². The molecular weight excluding hydrogens is 219 g/mol. The van der Waals surface area contributed by atoms with Gasteiger partial charge >= 0.3 is 72.0 Å². The number of fused-ring (bicyclic) bond motifs is 2. The minimum atomic E-state index is 0.500. The van der Waals surface area contributed by atoms with Crippen LogP contribution in [-0.2, 0) is 23.9 Å². The van der Waals surface area contributed by atoms with Gasteiger partial charge in [-0.1, -0.05) is 0 Å². The second-order valence-electron chi connectivity index (χ2n) is 3.13. The van der Waals surface area contributed by atoms with E-state index in [0.717, 1.165) is 5.92 Å². The average Bonchev–Trinajstić information content (AvgIpc) is 2.44. The molecule has 0 spiro atoms. The van der Waals surface area contributed by atoms with Gasteiger partial charge in [-0.2, -0.15) is 0 Å². The standard InChI is InChI=1S/C8H11O.Pd/c1-9-8-5-6-2-3-7(8)4-6;/h2,6-8H,4-5H2,1H3;. The first-order valence-corrected chi connectivity index (χ1v) is 4.46. The third-order valence-electron chi connectivity index (χ3n) is 2.56. The Labute approximate surface area is 72.2 Å². The molecule has 59 valence electrons. The van der Waals surface area contributed by atoms with Crippen LogP contribution < -0.4 is 0 Å². The first-order chi connectivity index (χ1) is 4.81. The Kier molecular flexibility index (Phi) is 1.72. The zero-order valence-electron chi connectivity index (χ0n) is 5.95. The normalized spacial score (nSPS) is 44.3. The van der Waals surface area contributed by atoms with Crippen LogP contribution in [0.1, 0.15) is 12.8 Å². The van der Waals surface area contributed by atoms with Crippen molar-refractivity contribution in [3.05, 3.63) is 10.1 Å². The SMILES string of the molecule is COC1CC2C=[C]([Pd])C1C2. The molecule has 0 saturated heterocycles. The molecule has 3 unspecified atom stereocenters. The first-order valence-electron chi connectivity index (χ1n) is 3.68. The predicted octanol–water partition coefficient (Wildman–Crippen LogP) is 1.47. The zero-order chi connectivity index (χ0) is 7.14. The molecule has 2 rings (SSSR count). The number of hydrogen-bond acceptors (Lipinski definition) is 1. The Morgan fingerprint density at radius 3 is 2.80 bits per heavy atom. The summed E-state index contributed by atoms with van der Waals surface area (Å²) in [5.74, 6) is 1.50. The summed E-state index contributed by atoms with van der Waals surface area (Å²) < 4.78 is 6.76. The van der Waals surface area contributed by atoms with Gasteiger partial charge in [0.2, 0.25) is 0 Å². The van der Waals surface area contributed by atoms with E-state index in [4.69, 9.17) is 4.74 Å². The molecule has 0 radical (unpaired) electrons. The van der Waals surface area contributed by atoms with Crippen LogP contribution in [0, 0.1) is 11.8 Å². The van der Waals surface area contributed by atoms with E-state index in [2.05, 4.69) is 25.3 Å². The Balaban J connectivity index is 2.16. The van der Waals surface area contributed by atoms with Crippen molar-refractivity contribution in [1.29, 1.82) is 0 Å². The van der Waals surface area contributed by atoms with Crippen molar-refractivity contribution in [3.63, 3.8) is 0 Å². The number of rotatable bonds is 1. The molecule has 0 amide bonds. The Morgan fingerprint density at radius 1 is 1.60 bits per heavy atom. The minimum absolute atomic E-state index is 0.500. The number of hydrogen-bond donors (Lipinski definition) is 0. The molecule has 0 aliphatic heterocycles. The molecule has 0 N–H and O–H groups in total. The number of ether oxygens (including phenoxy) is 1. The molecule has 2 heteroatoms. The van der Waals surface area contributed by atoms with Gasteiger partial charge in [-0.25, -0.2) is 0 Å². The van der Waals surface area contributed by atoms with Gasteiger partial charge in [0.25, 0.3) is 0 Å². The molecule has 2 aliphatic carbocycles. The fourth-order valence-electron chi connectivity index (χ4n) is 2.04. The van der Waals surface area contributed by atoms with E-state index in [0.29, 0.717) is 12.0 Å². The topological polar surface area (TPSA) is 9.23 Å². The van der Waals surface area contributed by atoms with Crippen molar-refractivity contribution in [1.82, 2.24) is 0 Å². The zero-order valence-corrected chi connectivity index (χ0v) is 7.50. The molecule has 0 aromatic carbocycles. The van der Waals surface area contributed by atoms with Gasteiger partial charge in [-0.15, -0.1) is 0 Å². The summed E-state index contributed by atoms with van der Waals surface area (Å²) in [6, 6.07) is 0. The number of allylic oxidation sites excluding steroid dienone is 1. The van der Waals surface area contributed by atoms with Crippen LogP contribution in [0.15, 0.2) is 10.1 Å². The van der Waals surface area contributed by atoms with E-state index >= 15 is 0 Å². The first kappa shape index (κ1) is 7.04. The summed E-state index contributed by atoms with van der Waals surface area (Å²) in [4.78, 5) is 0. The van der Waals surface area contributed by atoms with Crippen molar-refractivity contribution >= 4 is 0 Å². The molecule has 0 heterocycles. The second kappa shape index (κ2) is 2.45. The Bertz CT molecular complexity index is 176. The summed E-state index contributed by atoms with van der Waals surface area (Å²) in [5.41, 5.74) is 0. The van der Waals surface area contributed by atoms with Crippen LogP contribution in [-0.4, -0.2) is 13.2 Å². The molecule has 10 heavy (non-hydrogen) atoms. The predicted molar refractivity (Wildman–Crippen MR) is 35.1 cm³/mol. The number of methoxy groups -OCH3 is 1. The van der Waals surface area contributed by atoms with Crippen molar-refractivity contribution in [2.45, 2.75) is 18.9 Å². The quantitative estimate of drug-likeness (QED) is 0.619. The maximum absolute atomic E-state index is 5.35. The average molecular weight is 230 g/mol. The van der Waals surface area contributed by atoms with E-state index in [1.165, 1.54) is 16.9 Å². The summed E-state index contributed by atoms with van der Waals surface area (Å²) in [5, 5.41) is 0. The molecule has 0 aromatic rings. The fraction of sp³-hybridized carbons (Fsp3) is 0.750. The third-order valence-corrected chi connectivity index (χ3v) is 3.39. The van der Waals surface area contributed by atoms with Gasteiger partial charge < -0.3 is 0 Å². The summed E-state index contributed by atoms with van der Waals surface area (Å²) in [6.45, 7) is 0. The van der Waals surface area contributed by atoms with Crippen LogP contribution in [0.3, 0.4) is 0 Å². The van der Waals surface area contributed by atoms with Crippen LogP contribution in [0.2, 0.25) is 0 Å². The molecule has 2 aliphatic rings.